The molecule has 0 unspecified atom stereocenters. The van der Waals surface area contributed by atoms with E-state index >= 15 is 0 Å². The number of ether oxygens (including phenoxy) is 1. The van der Waals surface area contributed by atoms with Crippen molar-refractivity contribution < 1.29 is 23.1 Å². The number of aromatic amines is 1. The smallest absolute Gasteiger partial charge is 0.257 e. The number of nitrogens with zero attached hydrogens (tertiary/aromatic N) is 3. The molecule has 0 spiro atoms. The Morgan fingerprint density at radius 3 is 2.41 bits per heavy atom. The molecule has 204 valence electrons. The fourth-order valence-electron chi connectivity index (χ4n) is 4.14. The van der Waals surface area contributed by atoms with Gasteiger partial charge in [-0.1, -0.05) is 0 Å². The normalized spacial score (nSPS) is 11.1. The van der Waals surface area contributed by atoms with Gasteiger partial charge in [0.05, 0.1) is 16.6 Å². The number of aromatic nitrogens is 2. The Kier molecular flexibility index (Phi) is 8.40. The number of primary amides is 1. The highest BCUT2D eigenvalue weighted by molar-refractivity contribution is 6.14. The average molecular weight is 537 g/mol. The Morgan fingerprint density at radius 1 is 0.974 bits per heavy atom. The molecule has 2 amide bonds. The number of nitrogens with one attached hydrogen (secondary N) is 2. The molecule has 4 aromatic rings. The zero-order chi connectivity index (χ0) is 28.1. The predicted molar refractivity (Wildman–Crippen MR) is 146 cm³/mol. The molecule has 0 saturated carbocycles. The molecule has 3 aromatic carbocycles. The first-order valence-corrected chi connectivity index (χ1v) is 12.3. The topological polar surface area (TPSA) is 117 Å². The van der Waals surface area contributed by atoms with Gasteiger partial charge in [0.2, 0.25) is 5.91 Å². The Balaban J connectivity index is 1.51. The zero-order valence-corrected chi connectivity index (χ0v) is 21.9. The van der Waals surface area contributed by atoms with E-state index in [0.717, 1.165) is 31.3 Å². The first-order chi connectivity index (χ1) is 18.6. The summed E-state index contributed by atoms with van der Waals surface area (Å²) in [7, 11) is 5.92. The molecule has 1 heterocycles. The SMILES string of the molecule is CN(C)CCCN(C)c1ccc(C(=O)Nc2n[nH]c3ccc(OCc4cc(F)cc(F)c4)cc23)c(C(N)=O)c1. The molecule has 0 aliphatic carbocycles. The molecule has 4 N–H and O–H groups in total. The van der Waals surface area contributed by atoms with E-state index in [2.05, 4.69) is 20.4 Å². The lowest BCUT2D eigenvalue weighted by Crippen LogP contribution is -2.25. The number of fused-ring (bicyclic) bond motifs is 1. The molecule has 1 aromatic heterocycles. The number of anilines is 2. The summed E-state index contributed by atoms with van der Waals surface area (Å²) in [5.41, 5.74) is 7.55. The highest BCUT2D eigenvalue weighted by Crippen LogP contribution is 2.27. The van der Waals surface area contributed by atoms with Gasteiger partial charge in [0, 0.05) is 30.7 Å². The third-order valence-corrected chi connectivity index (χ3v) is 6.15. The van der Waals surface area contributed by atoms with Gasteiger partial charge in [-0.25, -0.2) is 8.78 Å². The summed E-state index contributed by atoms with van der Waals surface area (Å²) >= 11 is 0. The van der Waals surface area contributed by atoms with Crippen LogP contribution in [0.5, 0.6) is 5.75 Å². The summed E-state index contributed by atoms with van der Waals surface area (Å²) in [6.45, 7) is 1.62. The summed E-state index contributed by atoms with van der Waals surface area (Å²) in [5.74, 6) is -2.03. The number of H-pyrrole nitrogens is 1. The van der Waals surface area contributed by atoms with Gasteiger partial charge in [-0.3, -0.25) is 14.7 Å². The van der Waals surface area contributed by atoms with Crippen LogP contribution in [0.25, 0.3) is 10.9 Å². The summed E-state index contributed by atoms with van der Waals surface area (Å²) in [5, 5.41) is 10.3. The van der Waals surface area contributed by atoms with Crippen LogP contribution in [0.1, 0.15) is 32.7 Å². The Hall–Kier alpha value is -4.51. The van der Waals surface area contributed by atoms with E-state index in [-0.39, 0.29) is 23.6 Å². The first-order valence-electron chi connectivity index (χ1n) is 12.3. The first kappa shape index (κ1) is 27.5. The summed E-state index contributed by atoms with van der Waals surface area (Å²) in [6, 6.07) is 13.1. The van der Waals surface area contributed by atoms with E-state index in [1.165, 1.54) is 12.1 Å². The fourth-order valence-corrected chi connectivity index (χ4v) is 4.14. The van der Waals surface area contributed by atoms with Gasteiger partial charge in [0.1, 0.15) is 24.0 Å². The van der Waals surface area contributed by atoms with Crippen molar-refractivity contribution >= 4 is 34.2 Å². The number of amides is 2. The molecule has 9 nitrogen and oxygen atoms in total. The minimum absolute atomic E-state index is 0.0579. The van der Waals surface area contributed by atoms with Crippen molar-refractivity contribution in [2.45, 2.75) is 13.0 Å². The number of carbonyl (C=O) groups is 2. The van der Waals surface area contributed by atoms with Gasteiger partial charge in [0.15, 0.2) is 5.82 Å². The van der Waals surface area contributed by atoms with Crippen molar-refractivity contribution in [3.63, 3.8) is 0 Å². The van der Waals surface area contributed by atoms with E-state index in [1.807, 2.05) is 26.0 Å². The molecule has 11 heteroatoms. The number of benzene rings is 3. The van der Waals surface area contributed by atoms with E-state index < -0.39 is 23.4 Å². The largest absolute Gasteiger partial charge is 0.489 e. The highest BCUT2D eigenvalue weighted by Gasteiger charge is 2.19. The quantitative estimate of drug-likeness (QED) is 0.265. The molecule has 0 fully saturated rings. The number of nitrogens with two attached hydrogens (primary N) is 1. The maximum Gasteiger partial charge on any atom is 0.257 e. The molecule has 4 rings (SSSR count). The van der Waals surface area contributed by atoms with Crippen molar-refractivity contribution in [2.75, 3.05) is 44.4 Å². The Bertz CT molecular complexity index is 1480. The van der Waals surface area contributed by atoms with Crippen molar-refractivity contribution in [3.8, 4) is 5.75 Å². The van der Waals surface area contributed by atoms with Crippen LogP contribution < -0.4 is 20.7 Å². The summed E-state index contributed by atoms with van der Waals surface area (Å²) in [6.07, 6.45) is 0.925. The van der Waals surface area contributed by atoms with Crippen LogP contribution in [0.15, 0.2) is 54.6 Å². The monoisotopic (exact) mass is 536 g/mol. The molecular formula is C28H30F2N6O3. The van der Waals surface area contributed by atoms with Crippen LogP contribution in [-0.2, 0) is 6.61 Å². The van der Waals surface area contributed by atoms with E-state index in [4.69, 9.17) is 10.5 Å². The number of rotatable bonds is 11. The third-order valence-electron chi connectivity index (χ3n) is 6.15. The molecule has 0 saturated heterocycles. The highest BCUT2D eigenvalue weighted by atomic mass is 19.1. The average Bonchev–Trinajstić information content (AvgIpc) is 3.28. The van der Waals surface area contributed by atoms with Crippen LogP contribution in [0.2, 0.25) is 0 Å². The molecular weight excluding hydrogens is 506 g/mol. The van der Waals surface area contributed by atoms with E-state index in [9.17, 15) is 18.4 Å². The minimum Gasteiger partial charge on any atom is -0.489 e. The predicted octanol–water partition coefficient (Wildman–Crippen LogP) is 4.16. The van der Waals surface area contributed by atoms with Crippen molar-refractivity contribution in [2.24, 2.45) is 5.73 Å². The van der Waals surface area contributed by atoms with Gasteiger partial charge in [-0.15, -0.1) is 0 Å². The zero-order valence-electron chi connectivity index (χ0n) is 21.9. The second-order valence-electron chi connectivity index (χ2n) is 9.47. The molecule has 0 radical (unpaired) electrons. The molecule has 39 heavy (non-hydrogen) atoms. The Morgan fingerprint density at radius 2 is 1.72 bits per heavy atom. The number of halogens is 2. The van der Waals surface area contributed by atoms with Gasteiger partial charge in [0.25, 0.3) is 5.91 Å². The number of hydrogen-bond donors (Lipinski definition) is 3. The van der Waals surface area contributed by atoms with Crippen LogP contribution in [0, 0.1) is 11.6 Å². The lowest BCUT2D eigenvalue weighted by atomic mass is 10.0. The third kappa shape index (κ3) is 6.88. The lowest BCUT2D eigenvalue weighted by Gasteiger charge is -2.21. The minimum atomic E-state index is -0.722. The fraction of sp³-hybridized carbons (Fsp3) is 0.250. The van der Waals surface area contributed by atoms with Crippen LogP contribution in [0.3, 0.4) is 0 Å². The molecule has 0 aliphatic rings. The van der Waals surface area contributed by atoms with Crippen LogP contribution in [-0.4, -0.2) is 61.1 Å². The van der Waals surface area contributed by atoms with Crippen LogP contribution in [0.4, 0.5) is 20.3 Å². The Labute approximate surface area is 224 Å². The number of carbonyl (C=O) groups excluding carboxylic acids is 2. The van der Waals surface area contributed by atoms with Gasteiger partial charge in [-0.05, 0) is 81.2 Å². The van der Waals surface area contributed by atoms with Gasteiger partial charge < -0.3 is 25.6 Å². The maximum atomic E-state index is 13.5. The number of hydrogen-bond acceptors (Lipinski definition) is 6. The molecule has 0 aliphatic heterocycles. The van der Waals surface area contributed by atoms with E-state index in [0.29, 0.717) is 22.2 Å². The summed E-state index contributed by atoms with van der Waals surface area (Å²) < 4.78 is 32.6. The van der Waals surface area contributed by atoms with Crippen molar-refractivity contribution in [1.29, 1.82) is 0 Å². The maximum absolute atomic E-state index is 13.5. The standard InChI is InChI=1S/C28H30F2N6O3/c1-35(2)9-4-10-36(3)20-5-7-22(23(14-20)26(31)37)28(38)32-27-24-15-21(6-8-25(24)33-34-27)39-16-17-11-18(29)13-19(30)12-17/h5-8,11-15H,4,9-10,16H2,1-3H3,(H2,31,37)(H2,32,33,34,38). The van der Waals surface area contributed by atoms with Gasteiger partial charge in [-0.2, -0.15) is 5.10 Å². The second-order valence-corrected chi connectivity index (χ2v) is 9.47. The summed E-state index contributed by atoms with van der Waals surface area (Å²) in [4.78, 5) is 29.5. The van der Waals surface area contributed by atoms with E-state index in [1.54, 1.807) is 36.4 Å². The molecule has 0 bridgehead atoms. The van der Waals surface area contributed by atoms with Crippen LogP contribution >= 0.6 is 0 Å². The second kappa shape index (κ2) is 11.9. The van der Waals surface area contributed by atoms with Gasteiger partial charge >= 0.3 is 0 Å². The van der Waals surface area contributed by atoms with Crippen molar-refractivity contribution in [1.82, 2.24) is 15.1 Å². The lowest BCUT2D eigenvalue weighted by molar-refractivity contribution is 0.0977. The molecule has 0 atom stereocenters. The van der Waals surface area contributed by atoms with Crippen molar-refractivity contribution in [3.05, 3.63) is 82.9 Å².